The smallest absolute Gasteiger partial charge is 0.321 e. The lowest BCUT2D eigenvalue weighted by molar-refractivity contribution is 0.230. The van der Waals surface area contributed by atoms with E-state index in [-0.39, 0.29) is 12.0 Å². The van der Waals surface area contributed by atoms with Gasteiger partial charge in [-0.25, -0.2) is 9.78 Å². The van der Waals surface area contributed by atoms with Gasteiger partial charge in [0.25, 0.3) is 0 Å². The molecule has 1 aromatic heterocycles. The molecular weight excluding hydrogens is 272 g/mol. The zero-order chi connectivity index (χ0) is 15.2. The highest BCUT2D eigenvalue weighted by molar-refractivity contribution is 5.88. The van der Waals surface area contributed by atoms with Gasteiger partial charge in [-0.15, -0.1) is 0 Å². The Bertz CT molecular complexity index is 614. The average molecular weight is 288 g/mol. The normalized spacial score (nSPS) is 9.86. The number of nitrogens with zero attached hydrogens (tertiary/aromatic N) is 3. The first kappa shape index (κ1) is 14.6. The molecule has 2 amide bonds. The van der Waals surface area contributed by atoms with Gasteiger partial charge in [0.05, 0.1) is 7.11 Å². The number of amides is 2. The highest BCUT2D eigenvalue weighted by atomic mass is 16.5. The van der Waals surface area contributed by atoms with E-state index in [1.165, 1.54) is 12.0 Å². The second kappa shape index (κ2) is 6.56. The van der Waals surface area contributed by atoms with Gasteiger partial charge in [-0.3, -0.25) is 0 Å². The van der Waals surface area contributed by atoms with Gasteiger partial charge in [-0.05, 0) is 24.3 Å². The van der Waals surface area contributed by atoms with Gasteiger partial charge in [0.1, 0.15) is 5.75 Å². The van der Waals surface area contributed by atoms with E-state index in [0.29, 0.717) is 17.3 Å². The fraction of sp³-hybridized carbons (Fsp3) is 0.214. The number of anilines is 1. The number of nitrogens with one attached hydrogen (secondary N) is 1. The minimum absolute atomic E-state index is 0.191. The number of aromatic nitrogens is 2. The van der Waals surface area contributed by atoms with Gasteiger partial charge in [-0.1, -0.05) is 0 Å². The third-order valence-electron chi connectivity index (χ3n) is 2.52. The first-order chi connectivity index (χ1) is 10.1. The highest BCUT2D eigenvalue weighted by Crippen LogP contribution is 2.22. The fourth-order valence-electron chi connectivity index (χ4n) is 1.44. The lowest BCUT2D eigenvalue weighted by Gasteiger charge is -2.12. The molecule has 7 nitrogen and oxygen atoms in total. The molecule has 2 rings (SSSR count). The number of methoxy groups -OCH3 is 1. The number of urea groups is 1. The minimum Gasteiger partial charge on any atom is -0.467 e. The van der Waals surface area contributed by atoms with Crippen LogP contribution in [0.2, 0.25) is 0 Å². The van der Waals surface area contributed by atoms with E-state index >= 15 is 0 Å². The van der Waals surface area contributed by atoms with Gasteiger partial charge in [0.2, 0.25) is 5.88 Å². The molecule has 0 saturated carbocycles. The predicted molar refractivity (Wildman–Crippen MR) is 77.8 cm³/mol. The van der Waals surface area contributed by atoms with E-state index in [2.05, 4.69) is 15.3 Å². The molecule has 1 aromatic carbocycles. The molecule has 0 aliphatic rings. The van der Waals surface area contributed by atoms with Crippen molar-refractivity contribution < 1.29 is 14.3 Å². The van der Waals surface area contributed by atoms with Crippen LogP contribution >= 0.6 is 0 Å². The van der Waals surface area contributed by atoms with Gasteiger partial charge >= 0.3 is 12.0 Å². The Morgan fingerprint density at radius 3 is 2.52 bits per heavy atom. The summed E-state index contributed by atoms with van der Waals surface area (Å²) in [6, 6.07) is 8.64. The summed E-state index contributed by atoms with van der Waals surface area (Å²) >= 11 is 0. The van der Waals surface area contributed by atoms with Crippen molar-refractivity contribution in [3.05, 3.63) is 36.5 Å². The third-order valence-corrected chi connectivity index (χ3v) is 2.52. The highest BCUT2D eigenvalue weighted by Gasteiger charge is 2.05. The molecule has 7 heteroatoms. The summed E-state index contributed by atoms with van der Waals surface area (Å²) in [6.07, 6.45) is 1.55. The summed E-state index contributed by atoms with van der Waals surface area (Å²) in [5, 5.41) is 2.74. The summed E-state index contributed by atoms with van der Waals surface area (Å²) in [6.45, 7) is 0. The average Bonchev–Trinajstić information content (AvgIpc) is 2.49. The fourth-order valence-corrected chi connectivity index (χ4v) is 1.44. The van der Waals surface area contributed by atoms with E-state index in [4.69, 9.17) is 9.47 Å². The molecule has 0 saturated heterocycles. The lowest BCUT2D eigenvalue weighted by atomic mass is 10.3. The van der Waals surface area contributed by atoms with Gasteiger partial charge < -0.3 is 19.7 Å². The Kier molecular flexibility index (Phi) is 4.55. The summed E-state index contributed by atoms with van der Waals surface area (Å²) in [7, 11) is 4.84. The number of hydrogen-bond acceptors (Lipinski definition) is 5. The van der Waals surface area contributed by atoms with Crippen molar-refractivity contribution in [1.82, 2.24) is 14.9 Å². The molecular formula is C14H16N4O3. The van der Waals surface area contributed by atoms with Crippen LogP contribution in [-0.2, 0) is 0 Å². The number of carbonyl (C=O) groups is 1. The lowest BCUT2D eigenvalue weighted by Crippen LogP contribution is -2.27. The standard InChI is InChI=1S/C14H16N4O3/c1-18(2)14(19)16-10-4-6-11(7-5-10)21-12-8-9-15-13(17-12)20-3/h4-9H,1-3H3,(H,16,19). The molecule has 110 valence electrons. The van der Waals surface area contributed by atoms with Crippen molar-refractivity contribution >= 4 is 11.7 Å². The molecule has 0 aliphatic heterocycles. The van der Waals surface area contributed by atoms with Crippen molar-refractivity contribution in [2.75, 3.05) is 26.5 Å². The van der Waals surface area contributed by atoms with Crippen molar-refractivity contribution in [2.45, 2.75) is 0 Å². The molecule has 1 N–H and O–H groups in total. The monoisotopic (exact) mass is 288 g/mol. The van der Waals surface area contributed by atoms with Crippen molar-refractivity contribution in [1.29, 1.82) is 0 Å². The summed E-state index contributed by atoms with van der Waals surface area (Å²) in [4.78, 5) is 20.9. The summed E-state index contributed by atoms with van der Waals surface area (Å²) in [5.41, 5.74) is 0.682. The Morgan fingerprint density at radius 2 is 1.90 bits per heavy atom. The molecule has 1 heterocycles. The Labute approximate surface area is 122 Å². The SMILES string of the molecule is COc1nccc(Oc2ccc(NC(=O)N(C)C)cc2)n1. The van der Waals surface area contributed by atoms with Crippen LogP contribution in [0.5, 0.6) is 17.6 Å². The molecule has 21 heavy (non-hydrogen) atoms. The first-order valence-corrected chi connectivity index (χ1v) is 6.22. The van der Waals surface area contributed by atoms with E-state index in [1.807, 2.05) is 0 Å². The summed E-state index contributed by atoms with van der Waals surface area (Å²) < 4.78 is 10.5. The van der Waals surface area contributed by atoms with Crippen molar-refractivity contribution in [2.24, 2.45) is 0 Å². The van der Waals surface area contributed by atoms with E-state index in [1.54, 1.807) is 50.6 Å². The van der Waals surface area contributed by atoms with E-state index in [9.17, 15) is 4.79 Å². The largest absolute Gasteiger partial charge is 0.467 e. The van der Waals surface area contributed by atoms with Gasteiger partial charge in [0, 0.05) is 32.0 Å². The van der Waals surface area contributed by atoms with Crippen LogP contribution in [0.25, 0.3) is 0 Å². The maximum absolute atomic E-state index is 11.5. The van der Waals surface area contributed by atoms with Crippen LogP contribution in [0.1, 0.15) is 0 Å². The van der Waals surface area contributed by atoms with Gasteiger partial charge in [0.15, 0.2) is 0 Å². The second-order valence-electron chi connectivity index (χ2n) is 4.33. The molecule has 0 bridgehead atoms. The number of rotatable bonds is 4. The number of carbonyl (C=O) groups excluding carboxylic acids is 1. The van der Waals surface area contributed by atoms with Crippen LogP contribution in [0, 0.1) is 0 Å². The van der Waals surface area contributed by atoms with Crippen LogP contribution < -0.4 is 14.8 Å². The maximum atomic E-state index is 11.5. The Morgan fingerprint density at radius 1 is 1.19 bits per heavy atom. The van der Waals surface area contributed by atoms with Crippen LogP contribution in [0.4, 0.5) is 10.5 Å². The second-order valence-corrected chi connectivity index (χ2v) is 4.33. The Hall–Kier alpha value is -2.83. The van der Waals surface area contributed by atoms with Gasteiger partial charge in [-0.2, -0.15) is 4.98 Å². The zero-order valence-electron chi connectivity index (χ0n) is 12.0. The summed E-state index contributed by atoms with van der Waals surface area (Å²) in [5.74, 6) is 0.977. The predicted octanol–water partition coefficient (Wildman–Crippen LogP) is 2.37. The first-order valence-electron chi connectivity index (χ1n) is 6.22. The quantitative estimate of drug-likeness (QED) is 0.934. The number of benzene rings is 1. The van der Waals surface area contributed by atoms with Crippen LogP contribution in [0.15, 0.2) is 36.5 Å². The number of hydrogen-bond donors (Lipinski definition) is 1. The zero-order valence-corrected chi connectivity index (χ0v) is 12.0. The minimum atomic E-state index is -0.191. The maximum Gasteiger partial charge on any atom is 0.321 e. The number of ether oxygens (including phenoxy) is 2. The van der Waals surface area contributed by atoms with Crippen molar-refractivity contribution in [3.63, 3.8) is 0 Å². The molecule has 0 fully saturated rings. The topological polar surface area (TPSA) is 76.6 Å². The van der Waals surface area contributed by atoms with E-state index in [0.717, 1.165) is 0 Å². The van der Waals surface area contributed by atoms with Crippen molar-refractivity contribution in [3.8, 4) is 17.6 Å². The Balaban J connectivity index is 2.03. The molecule has 0 radical (unpaired) electrons. The third kappa shape index (κ3) is 4.07. The molecule has 2 aromatic rings. The molecule has 0 atom stereocenters. The molecule has 0 unspecified atom stereocenters. The van der Waals surface area contributed by atoms with Crippen LogP contribution in [0.3, 0.4) is 0 Å². The van der Waals surface area contributed by atoms with E-state index < -0.39 is 0 Å². The molecule has 0 aliphatic carbocycles. The van der Waals surface area contributed by atoms with Crippen LogP contribution in [-0.4, -0.2) is 42.1 Å². The molecule has 0 spiro atoms.